The number of nitrogens with two attached hydrogens (primary N) is 1. The maximum Gasteiger partial charge on any atom is 0.490 e. The van der Waals surface area contributed by atoms with E-state index in [4.69, 9.17) is 43.4 Å². The molecular weight excluding hydrogens is 512 g/mol. The molecule has 186 valence electrons. The molecule has 1 aliphatic heterocycles. The van der Waals surface area contributed by atoms with Gasteiger partial charge in [-0.05, 0) is 31.5 Å². The van der Waals surface area contributed by atoms with E-state index in [1.807, 2.05) is 26.0 Å². The van der Waals surface area contributed by atoms with Gasteiger partial charge in [0.15, 0.2) is 0 Å². The van der Waals surface area contributed by atoms with E-state index in [1.54, 1.807) is 17.0 Å². The normalized spacial score (nSPS) is 12.9. The highest BCUT2D eigenvalue weighted by Crippen LogP contribution is 2.40. The van der Waals surface area contributed by atoms with Crippen molar-refractivity contribution in [2.75, 3.05) is 0 Å². The fourth-order valence-electron chi connectivity index (χ4n) is 3.61. The molecule has 35 heavy (non-hydrogen) atoms. The molecule has 0 bridgehead atoms. The number of carbonyl (C=O) groups is 2. The van der Waals surface area contributed by atoms with E-state index < -0.39 is 12.1 Å². The van der Waals surface area contributed by atoms with Crippen molar-refractivity contribution < 1.29 is 32.4 Å². The molecule has 1 amide bonds. The van der Waals surface area contributed by atoms with Crippen molar-refractivity contribution in [2.45, 2.75) is 39.7 Å². The van der Waals surface area contributed by atoms with Crippen LogP contribution in [0.15, 0.2) is 28.8 Å². The molecule has 1 aromatic carbocycles. The van der Waals surface area contributed by atoms with Gasteiger partial charge in [0.1, 0.15) is 11.5 Å². The van der Waals surface area contributed by atoms with Crippen LogP contribution in [0.2, 0.25) is 10.0 Å². The van der Waals surface area contributed by atoms with Gasteiger partial charge in [-0.1, -0.05) is 34.4 Å². The van der Waals surface area contributed by atoms with Crippen LogP contribution in [-0.4, -0.2) is 38.2 Å². The Bertz CT molecular complexity index is 1290. The molecule has 0 saturated heterocycles. The van der Waals surface area contributed by atoms with Gasteiger partial charge in [0.05, 0.1) is 24.3 Å². The number of aliphatic carboxylic acids is 1. The van der Waals surface area contributed by atoms with E-state index in [1.165, 1.54) is 0 Å². The Morgan fingerprint density at radius 1 is 1.23 bits per heavy atom. The van der Waals surface area contributed by atoms with Gasteiger partial charge in [0, 0.05) is 39.5 Å². The minimum atomic E-state index is -5.08. The summed E-state index contributed by atoms with van der Waals surface area (Å²) in [7, 11) is 0. The summed E-state index contributed by atoms with van der Waals surface area (Å²) < 4.78 is 36.8. The summed E-state index contributed by atoms with van der Waals surface area (Å²) in [4.78, 5) is 28.5. The molecule has 8 nitrogen and oxygen atoms in total. The monoisotopic (exact) mass is 530 g/mol. The lowest BCUT2D eigenvalue weighted by molar-refractivity contribution is -0.192. The molecule has 0 aliphatic carbocycles. The van der Waals surface area contributed by atoms with Crippen LogP contribution in [0.3, 0.4) is 0 Å². The number of amides is 1. The van der Waals surface area contributed by atoms with Crippen molar-refractivity contribution >= 4 is 35.1 Å². The van der Waals surface area contributed by atoms with Gasteiger partial charge in [0.25, 0.3) is 5.91 Å². The van der Waals surface area contributed by atoms with Crippen LogP contribution in [0, 0.1) is 13.8 Å². The molecule has 13 heteroatoms. The summed E-state index contributed by atoms with van der Waals surface area (Å²) in [5.41, 5.74) is 11.0. The largest absolute Gasteiger partial charge is 0.490 e. The Morgan fingerprint density at radius 2 is 1.89 bits per heavy atom. The first kappa shape index (κ1) is 26.5. The predicted molar refractivity (Wildman–Crippen MR) is 121 cm³/mol. The third-order valence-electron chi connectivity index (χ3n) is 5.10. The van der Waals surface area contributed by atoms with E-state index in [0.717, 1.165) is 22.4 Å². The number of nitrogens with zero attached hydrogens (tertiary/aromatic N) is 3. The lowest BCUT2D eigenvalue weighted by Crippen LogP contribution is -2.23. The summed E-state index contributed by atoms with van der Waals surface area (Å²) in [5.74, 6) is -2.18. The van der Waals surface area contributed by atoms with Gasteiger partial charge >= 0.3 is 12.1 Å². The number of pyridine rings is 1. The smallest absolute Gasteiger partial charge is 0.475 e. The number of aryl methyl sites for hydroxylation is 2. The van der Waals surface area contributed by atoms with E-state index in [-0.39, 0.29) is 12.5 Å². The topological polar surface area (TPSA) is 123 Å². The first-order valence-electron chi connectivity index (χ1n) is 10.0. The van der Waals surface area contributed by atoms with Gasteiger partial charge in [0.2, 0.25) is 0 Å². The van der Waals surface area contributed by atoms with Gasteiger partial charge in [-0.25, -0.2) is 4.79 Å². The fraction of sp³-hybridized carbons (Fsp3) is 0.273. The van der Waals surface area contributed by atoms with Crippen LogP contribution < -0.4 is 5.73 Å². The number of carbonyl (C=O) groups excluding carboxylic acids is 1. The average Bonchev–Trinajstić information content (AvgIpc) is 3.30. The minimum Gasteiger partial charge on any atom is -0.475 e. The molecule has 4 rings (SSSR count). The predicted octanol–water partition coefficient (Wildman–Crippen LogP) is 4.91. The maximum absolute atomic E-state index is 13.3. The highest BCUT2D eigenvalue weighted by atomic mass is 35.5. The van der Waals surface area contributed by atoms with E-state index in [2.05, 4.69) is 10.1 Å². The molecule has 0 radical (unpaired) electrons. The highest BCUT2D eigenvalue weighted by molar-refractivity contribution is 6.36. The van der Waals surface area contributed by atoms with Crippen molar-refractivity contribution in [3.8, 4) is 11.1 Å². The number of carboxylic acid groups (broad SMARTS) is 1. The van der Waals surface area contributed by atoms with Crippen molar-refractivity contribution in [3.05, 3.63) is 68.3 Å². The Kier molecular flexibility index (Phi) is 7.73. The number of rotatable bonds is 4. The second kappa shape index (κ2) is 10.2. The first-order chi connectivity index (χ1) is 16.3. The molecule has 3 aromatic rings. The van der Waals surface area contributed by atoms with Crippen LogP contribution in [0.25, 0.3) is 11.1 Å². The summed E-state index contributed by atoms with van der Waals surface area (Å²) in [6, 6.07) is 7.05. The van der Waals surface area contributed by atoms with E-state index in [0.29, 0.717) is 45.8 Å². The fourth-order valence-corrected chi connectivity index (χ4v) is 4.12. The standard InChI is InChI=1S/C20H18Cl2N4O2.C2HF3O2/c1-10-5-13(25-28-10)8-26-9-17-19(20(26)27)18(15(7-23)11(2)24-17)14-4-3-12(21)6-16(14)22;3-2(4,5)1(6)7/h3-6H,7-9,23H2,1-2H3;(H,6,7). The molecule has 2 aromatic heterocycles. The molecule has 1 aliphatic rings. The number of hydrogen-bond acceptors (Lipinski definition) is 6. The van der Waals surface area contributed by atoms with Crippen LogP contribution >= 0.6 is 23.2 Å². The molecule has 0 atom stereocenters. The van der Waals surface area contributed by atoms with Crippen molar-refractivity contribution in [1.29, 1.82) is 0 Å². The van der Waals surface area contributed by atoms with Crippen LogP contribution in [0.1, 0.15) is 38.8 Å². The van der Waals surface area contributed by atoms with Crippen LogP contribution in [-0.2, 0) is 24.4 Å². The van der Waals surface area contributed by atoms with Crippen molar-refractivity contribution in [3.63, 3.8) is 0 Å². The Balaban J connectivity index is 0.000000429. The number of carboxylic acids is 1. The van der Waals surface area contributed by atoms with E-state index >= 15 is 0 Å². The second-order valence-electron chi connectivity index (χ2n) is 7.59. The zero-order valence-corrected chi connectivity index (χ0v) is 19.9. The number of halogens is 5. The highest BCUT2D eigenvalue weighted by Gasteiger charge is 2.38. The van der Waals surface area contributed by atoms with Gasteiger partial charge in [-0.15, -0.1) is 0 Å². The third-order valence-corrected chi connectivity index (χ3v) is 5.65. The van der Waals surface area contributed by atoms with Gasteiger partial charge in [-0.2, -0.15) is 13.2 Å². The number of aromatic nitrogens is 2. The summed E-state index contributed by atoms with van der Waals surface area (Å²) in [5, 5.41) is 12.1. The molecule has 3 heterocycles. The van der Waals surface area contributed by atoms with Crippen molar-refractivity contribution in [1.82, 2.24) is 15.0 Å². The Hall–Kier alpha value is -3.15. The number of alkyl halides is 3. The number of benzene rings is 1. The maximum atomic E-state index is 13.3. The van der Waals surface area contributed by atoms with Crippen LogP contribution in [0.4, 0.5) is 13.2 Å². The van der Waals surface area contributed by atoms with Gasteiger partial charge in [-0.3, -0.25) is 9.78 Å². The zero-order chi connectivity index (χ0) is 26.1. The second-order valence-corrected chi connectivity index (χ2v) is 8.44. The van der Waals surface area contributed by atoms with Crippen LogP contribution in [0.5, 0.6) is 0 Å². The lowest BCUT2D eigenvalue weighted by Gasteiger charge is -2.16. The molecule has 3 N–H and O–H groups in total. The minimum absolute atomic E-state index is 0.126. The Labute approximate surface area is 207 Å². The quantitative estimate of drug-likeness (QED) is 0.491. The molecular formula is C22H19Cl2F3N4O4. The summed E-state index contributed by atoms with van der Waals surface area (Å²) in [6.45, 7) is 4.69. The average molecular weight is 531 g/mol. The van der Waals surface area contributed by atoms with Gasteiger partial charge < -0.3 is 20.3 Å². The van der Waals surface area contributed by atoms with Crippen molar-refractivity contribution in [2.24, 2.45) is 5.73 Å². The molecule has 0 fully saturated rings. The Morgan fingerprint density at radius 3 is 2.40 bits per heavy atom. The third kappa shape index (κ3) is 5.75. The molecule has 0 spiro atoms. The molecule has 0 unspecified atom stereocenters. The van der Waals surface area contributed by atoms with E-state index in [9.17, 15) is 18.0 Å². The lowest BCUT2D eigenvalue weighted by atomic mass is 9.93. The number of fused-ring (bicyclic) bond motifs is 1. The summed E-state index contributed by atoms with van der Waals surface area (Å²) >= 11 is 12.5. The zero-order valence-electron chi connectivity index (χ0n) is 18.4. The number of hydrogen-bond donors (Lipinski definition) is 2. The summed E-state index contributed by atoms with van der Waals surface area (Å²) in [6.07, 6.45) is -5.08. The SMILES string of the molecule is Cc1cc(CN2Cc3nc(C)c(CN)c(-c4ccc(Cl)cc4Cl)c3C2=O)no1.O=C(O)C(F)(F)F. The molecule has 0 saturated carbocycles. The first-order valence-corrected chi connectivity index (χ1v) is 10.8.